The number of hydrogen-bond acceptors (Lipinski definition) is 4. The average molecular weight is 264 g/mol. The van der Waals surface area contributed by atoms with Gasteiger partial charge < -0.3 is 10.2 Å². The van der Waals surface area contributed by atoms with E-state index in [4.69, 9.17) is 0 Å². The second-order valence-electron chi connectivity index (χ2n) is 4.35. The molecule has 0 aromatic rings. The van der Waals surface area contributed by atoms with E-state index in [9.17, 15) is 13.2 Å². The predicted molar refractivity (Wildman–Crippen MR) is 64.7 cm³/mol. The van der Waals surface area contributed by atoms with Gasteiger partial charge in [-0.05, 0) is 0 Å². The van der Waals surface area contributed by atoms with E-state index in [1.54, 1.807) is 14.1 Å². The van der Waals surface area contributed by atoms with E-state index < -0.39 is 16.3 Å². The van der Waals surface area contributed by atoms with Gasteiger partial charge in [-0.2, -0.15) is 17.0 Å². The second kappa shape index (κ2) is 5.30. The van der Waals surface area contributed by atoms with E-state index >= 15 is 0 Å². The molecule has 17 heavy (non-hydrogen) atoms. The number of likely N-dealkylation sites (N-methyl/N-ethyl adjacent to an activating group) is 1. The highest BCUT2D eigenvalue weighted by Crippen LogP contribution is 2.13. The molecule has 1 heterocycles. The van der Waals surface area contributed by atoms with Crippen LogP contribution < -0.4 is 5.32 Å². The molecule has 0 aromatic heterocycles. The SMILES string of the molecule is CN(C)C(=O)C1CNCCN1S(=O)(=O)N(C)C. The van der Waals surface area contributed by atoms with Crippen molar-refractivity contribution in [1.82, 2.24) is 18.8 Å². The summed E-state index contributed by atoms with van der Waals surface area (Å²) in [6, 6.07) is -0.661. The van der Waals surface area contributed by atoms with Crippen LogP contribution in [0.4, 0.5) is 0 Å². The molecule has 100 valence electrons. The van der Waals surface area contributed by atoms with Gasteiger partial charge in [0.15, 0.2) is 0 Å². The topological polar surface area (TPSA) is 73.0 Å². The first-order chi connectivity index (χ1) is 7.78. The van der Waals surface area contributed by atoms with Gasteiger partial charge in [0.2, 0.25) is 5.91 Å². The summed E-state index contributed by atoms with van der Waals surface area (Å²) in [5.74, 6) is -0.206. The quantitative estimate of drug-likeness (QED) is 0.650. The Bertz CT molecular complexity index is 380. The molecule has 0 radical (unpaired) electrons. The third-order valence-electron chi connectivity index (χ3n) is 2.68. The molecule has 1 aliphatic heterocycles. The summed E-state index contributed by atoms with van der Waals surface area (Å²) in [4.78, 5) is 13.4. The van der Waals surface area contributed by atoms with Gasteiger partial charge in [-0.15, -0.1) is 0 Å². The van der Waals surface area contributed by atoms with E-state index in [1.165, 1.54) is 23.3 Å². The number of hydrogen-bond donors (Lipinski definition) is 1. The highest BCUT2D eigenvalue weighted by molar-refractivity contribution is 7.86. The molecule has 1 fully saturated rings. The van der Waals surface area contributed by atoms with Crippen molar-refractivity contribution in [2.45, 2.75) is 6.04 Å². The monoisotopic (exact) mass is 264 g/mol. The van der Waals surface area contributed by atoms with Crippen molar-refractivity contribution < 1.29 is 13.2 Å². The maximum absolute atomic E-state index is 12.1. The van der Waals surface area contributed by atoms with Crippen LogP contribution in [-0.4, -0.2) is 81.7 Å². The molecule has 1 rings (SSSR count). The van der Waals surface area contributed by atoms with Crippen LogP contribution in [-0.2, 0) is 15.0 Å². The van der Waals surface area contributed by atoms with Crippen molar-refractivity contribution in [2.75, 3.05) is 47.8 Å². The zero-order chi connectivity index (χ0) is 13.2. The fourth-order valence-electron chi connectivity index (χ4n) is 1.68. The van der Waals surface area contributed by atoms with Crippen LogP contribution >= 0.6 is 0 Å². The Hall–Kier alpha value is -0.700. The molecule has 0 bridgehead atoms. The second-order valence-corrected chi connectivity index (χ2v) is 6.45. The molecule has 1 amide bonds. The Kier molecular flexibility index (Phi) is 4.48. The molecule has 1 atom stereocenters. The predicted octanol–water partition coefficient (Wildman–Crippen LogP) is -1.85. The van der Waals surface area contributed by atoms with E-state index in [1.807, 2.05) is 0 Å². The van der Waals surface area contributed by atoms with Gasteiger partial charge in [0.05, 0.1) is 0 Å². The lowest BCUT2D eigenvalue weighted by Crippen LogP contribution is -2.61. The van der Waals surface area contributed by atoms with Crippen LogP contribution in [0.15, 0.2) is 0 Å². The van der Waals surface area contributed by atoms with Crippen LogP contribution in [0.25, 0.3) is 0 Å². The third kappa shape index (κ3) is 2.95. The van der Waals surface area contributed by atoms with Gasteiger partial charge in [0.25, 0.3) is 10.2 Å². The number of nitrogens with zero attached hydrogens (tertiary/aromatic N) is 3. The third-order valence-corrected chi connectivity index (χ3v) is 4.63. The van der Waals surface area contributed by atoms with Crippen molar-refractivity contribution in [2.24, 2.45) is 0 Å². The fraction of sp³-hybridized carbons (Fsp3) is 0.889. The minimum absolute atomic E-state index is 0.206. The van der Waals surface area contributed by atoms with Crippen molar-refractivity contribution in [3.8, 4) is 0 Å². The van der Waals surface area contributed by atoms with Crippen LogP contribution in [0.2, 0.25) is 0 Å². The number of nitrogens with one attached hydrogen (secondary N) is 1. The average Bonchev–Trinajstić information content (AvgIpc) is 2.27. The first-order valence-electron chi connectivity index (χ1n) is 5.39. The van der Waals surface area contributed by atoms with Gasteiger partial charge in [-0.3, -0.25) is 4.79 Å². The van der Waals surface area contributed by atoms with Crippen LogP contribution in [0.3, 0.4) is 0 Å². The summed E-state index contributed by atoms with van der Waals surface area (Å²) in [7, 11) is 2.63. The number of carbonyl (C=O) groups excluding carboxylic acids is 1. The molecule has 8 heteroatoms. The highest BCUT2D eigenvalue weighted by Gasteiger charge is 2.38. The smallest absolute Gasteiger partial charge is 0.282 e. The summed E-state index contributed by atoms with van der Waals surface area (Å²) in [5, 5.41) is 3.04. The summed E-state index contributed by atoms with van der Waals surface area (Å²) in [6.07, 6.45) is 0. The number of piperazine rings is 1. The van der Waals surface area contributed by atoms with Crippen molar-refractivity contribution in [1.29, 1.82) is 0 Å². The number of rotatable bonds is 3. The molecular weight excluding hydrogens is 244 g/mol. The highest BCUT2D eigenvalue weighted by atomic mass is 32.2. The Labute approximate surface area is 103 Å². The normalized spacial score (nSPS) is 22.8. The molecule has 1 aliphatic rings. The van der Waals surface area contributed by atoms with Crippen molar-refractivity contribution >= 4 is 16.1 Å². The van der Waals surface area contributed by atoms with Crippen LogP contribution in [0.1, 0.15) is 0 Å². The molecule has 0 aromatic carbocycles. The van der Waals surface area contributed by atoms with Crippen LogP contribution in [0.5, 0.6) is 0 Å². The molecule has 7 nitrogen and oxygen atoms in total. The summed E-state index contributed by atoms with van der Waals surface area (Å²) in [6.45, 7) is 1.22. The number of amides is 1. The van der Waals surface area contributed by atoms with Gasteiger partial charge in [-0.25, -0.2) is 0 Å². The molecule has 0 saturated carbocycles. The molecule has 0 spiro atoms. The van der Waals surface area contributed by atoms with Crippen LogP contribution in [0, 0.1) is 0 Å². The molecule has 1 unspecified atom stereocenters. The van der Waals surface area contributed by atoms with Gasteiger partial charge >= 0.3 is 0 Å². The summed E-state index contributed by atoms with van der Waals surface area (Å²) >= 11 is 0. The summed E-state index contributed by atoms with van der Waals surface area (Å²) in [5.41, 5.74) is 0. The first kappa shape index (κ1) is 14.4. The van der Waals surface area contributed by atoms with E-state index in [0.29, 0.717) is 19.6 Å². The minimum atomic E-state index is -3.55. The lowest BCUT2D eigenvalue weighted by molar-refractivity contribution is -0.133. The standard InChI is InChI=1S/C9H20N4O3S/c1-11(2)9(14)8-7-10-5-6-13(8)17(15,16)12(3)4/h8,10H,5-7H2,1-4H3. The van der Waals surface area contributed by atoms with Crippen molar-refractivity contribution in [3.63, 3.8) is 0 Å². The van der Waals surface area contributed by atoms with E-state index in [0.717, 1.165) is 4.31 Å². The zero-order valence-corrected chi connectivity index (χ0v) is 11.5. The largest absolute Gasteiger partial charge is 0.347 e. The summed E-state index contributed by atoms with van der Waals surface area (Å²) < 4.78 is 26.5. The molecule has 1 saturated heterocycles. The van der Waals surface area contributed by atoms with Gasteiger partial charge in [0, 0.05) is 47.8 Å². The molecule has 0 aliphatic carbocycles. The number of carbonyl (C=O) groups is 1. The first-order valence-corrected chi connectivity index (χ1v) is 6.79. The van der Waals surface area contributed by atoms with Crippen molar-refractivity contribution in [3.05, 3.63) is 0 Å². The van der Waals surface area contributed by atoms with E-state index in [2.05, 4.69) is 5.32 Å². The molecule has 1 N–H and O–H groups in total. The lowest BCUT2D eigenvalue weighted by atomic mass is 10.2. The minimum Gasteiger partial charge on any atom is -0.347 e. The molecular formula is C9H20N4O3S. The Balaban J connectivity index is 2.99. The Morgan fingerprint density at radius 1 is 1.29 bits per heavy atom. The lowest BCUT2D eigenvalue weighted by Gasteiger charge is -2.36. The van der Waals surface area contributed by atoms with E-state index in [-0.39, 0.29) is 5.91 Å². The maximum Gasteiger partial charge on any atom is 0.282 e. The maximum atomic E-state index is 12.1. The fourth-order valence-corrected chi connectivity index (χ4v) is 2.91. The Morgan fingerprint density at radius 3 is 2.35 bits per heavy atom. The zero-order valence-electron chi connectivity index (χ0n) is 10.7. The Morgan fingerprint density at radius 2 is 1.88 bits per heavy atom. The van der Waals surface area contributed by atoms with Gasteiger partial charge in [0.1, 0.15) is 6.04 Å². The van der Waals surface area contributed by atoms with Gasteiger partial charge in [-0.1, -0.05) is 0 Å².